The first kappa shape index (κ1) is 24.1. The molecule has 0 aliphatic carbocycles. The molecule has 0 saturated heterocycles. The maximum atomic E-state index is 12.9. The minimum Gasteiger partial charge on any atom is -0.478 e. The molecule has 0 bridgehead atoms. The van der Waals surface area contributed by atoms with Crippen molar-refractivity contribution in [1.29, 1.82) is 0 Å². The lowest BCUT2D eigenvalue weighted by molar-refractivity contribution is -0.137. The summed E-state index contributed by atoms with van der Waals surface area (Å²) in [6, 6.07) is 6.15. The van der Waals surface area contributed by atoms with Crippen LogP contribution < -0.4 is 10.2 Å². The summed E-state index contributed by atoms with van der Waals surface area (Å²) >= 11 is 7.68. The second-order valence-electron chi connectivity index (χ2n) is 7.51. The molecule has 0 radical (unpaired) electrons. The van der Waals surface area contributed by atoms with Crippen molar-refractivity contribution in [3.8, 4) is 0 Å². The Balaban J connectivity index is 1.60. The predicted molar refractivity (Wildman–Crippen MR) is 124 cm³/mol. The first-order valence-electron chi connectivity index (χ1n) is 10.2. The molecule has 0 spiro atoms. The van der Waals surface area contributed by atoms with Crippen LogP contribution in [0.25, 0.3) is 0 Å². The predicted octanol–water partition coefficient (Wildman–Crippen LogP) is 5.31. The Hall–Kier alpha value is -3.05. The van der Waals surface area contributed by atoms with E-state index >= 15 is 0 Å². The largest absolute Gasteiger partial charge is 0.478 e. The molecule has 3 aromatic rings. The molecule has 178 valence electrons. The molecule has 12 heteroatoms. The number of benzene rings is 1. The molecule has 0 saturated carbocycles. The van der Waals surface area contributed by atoms with Gasteiger partial charge in [0.2, 0.25) is 0 Å². The number of nitrogens with one attached hydrogen (secondary N) is 1. The van der Waals surface area contributed by atoms with Crippen molar-refractivity contribution in [3.63, 3.8) is 0 Å². The number of carboxylic acids is 1. The molecule has 2 N–H and O–H groups in total. The van der Waals surface area contributed by atoms with E-state index in [4.69, 9.17) is 16.7 Å². The maximum Gasteiger partial charge on any atom is 0.416 e. The third-order valence-corrected chi connectivity index (χ3v) is 6.17. The molecular weight excluding hydrogens is 491 g/mol. The average molecular weight is 510 g/mol. The third-order valence-electron chi connectivity index (χ3n) is 5.35. The molecule has 0 atom stereocenters. The van der Waals surface area contributed by atoms with Crippen LogP contribution in [0.2, 0.25) is 5.02 Å². The van der Waals surface area contributed by atoms with E-state index in [1.807, 2.05) is 11.2 Å². The number of rotatable bonds is 5. The van der Waals surface area contributed by atoms with Crippen molar-refractivity contribution in [3.05, 3.63) is 63.9 Å². The van der Waals surface area contributed by atoms with E-state index in [0.29, 0.717) is 48.4 Å². The van der Waals surface area contributed by atoms with Crippen molar-refractivity contribution >= 4 is 46.7 Å². The zero-order valence-electron chi connectivity index (χ0n) is 17.9. The number of alkyl halides is 3. The van der Waals surface area contributed by atoms with E-state index in [9.17, 15) is 18.0 Å². The fourth-order valence-electron chi connectivity index (χ4n) is 3.64. The highest BCUT2D eigenvalue weighted by atomic mass is 35.5. The smallest absolute Gasteiger partial charge is 0.416 e. The standard InChI is InChI=1S/C22H19ClF3N5O2S/c1-34-21-29-17-7-9-31(19-16(23)10-12(11-27-19)20(32)33)8-6-15(17)18(30-21)28-14-4-2-13(3-5-14)22(24,25)26/h2-5,10-11H,6-9H2,1H3,(H,32,33)(H,28,29,30). The highest BCUT2D eigenvalue weighted by Gasteiger charge is 2.30. The molecular formula is C22H19ClF3N5O2S. The number of thioether (sulfide) groups is 1. The van der Waals surface area contributed by atoms with Gasteiger partial charge in [-0.15, -0.1) is 0 Å². The number of anilines is 3. The number of aromatic carboxylic acids is 1. The number of fused-ring (bicyclic) bond motifs is 1. The molecule has 1 aromatic carbocycles. The van der Waals surface area contributed by atoms with Gasteiger partial charge < -0.3 is 15.3 Å². The Morgan fingerprint density at radius 2 is 1.88 bits per heavy atom. The van der Waals surface area contributed by atoms with Gasteiger partial charge in [-0.25, -0.2) is 19.7 Å². The second kappa shape index (κ2) is 9.67. The van der Waals surface area contributed by atoms with Gasteiger partial charge in [0.15, 0.2) is 5.16 Å². The molecule has 4 rings (SSSR count). The molecule has 34 heavy (non-hydrogen) atoms. The average Bonchev–Trinajstić information content (AvgIpc) is 3.01. The normalized spacial score (nSPS) is 13.9. The van der Waals surface area contributed by atoms with Crippen LogP contribution in [0.15, 0.2) is 41.7 Å². The number of hydrogen-bond acceptors (Lipinski definition) is 7. The summed E-state index contributed by atoms with van der Waals surface area (Å²) < 4.78 is 38.7. The summed E-state index contributed by atoms with van der Waals surface area (Å²) in [4.78, 5) is 26.6. The van der Waals surface area contributed by atoms with E-state index in [1.54, 1.807) is 0 Å². The third kappa shape index (κ3) is 5.20. The van der Waals surface area contributed by atoms with E-state index in [2.05, 4.69) is 20.3 Å². The number of carboxylic acid groups (broad SMARTS) is 1. The Labute approximate surface area is 202 Å². The molecule has 7 nitrogen and oxygen atoms in total. The molecule has 0 unspecified atom stereocenters. The molecule has 1 aliphatic heterocycles. The van der Waals surface area contributed by atoms with Crippen LogP contribution in [0, 0.1) is 0 Å². The number of halogens is 4. The number of carbonyl (C=O) groups is 1. The van der Waals surface area contributed by atoms with Gasteiger partial charge in [0, 0.05) is 37.0 Å². The SMILES string of the molecule is CSc1nc2c(c(Nc3ccc(C(F)(F)F)cc3)n1)CCN(c1ncc(C(=O)O)cc1Cl)CC2. The molecule has 3 heterocycles. The topological polar surface area (TPSA) is 91.2 Å². The molecule has 0 amide bonds. The fourth-order valence-corrected chi connectivity index (χ4v) is 4.31. The van der Waals surface area contributed by atoms with Crippen molar-refractivity contribution in [2.75, 3.05) is 29.6 Å². The lowest BCUT2D eigenvalue weighted by Crippen LogP contribution is -2.27. The van der Waals surface area contributed by atoms with E-state index in [0.717, 1.165) is 23.4 Å². The first-order chi connectivity index (χ1) is 16.2. The lowest BCUT2D eigenvalue weighted by atomic mass is 10.1. The summed E-state index contributed by atoms with van der Waals surface area (Å²) in [6.07, 6.45) is -0.194. The van der Waals surface area contributed by atoms with Gasteiger partial charge >= 0.3 is 12.1 Å². The van der Waals surface area contributed by atoms with E-state index < -0.39 is 17.7 Å². The number of hydrogen-bond donors (Lipinski definition) is 2. The lowest BCUT2D eigenvalue weighted by Gasteiger charge is -2.22. The van der Waals surface area contributed by atoms with E-state index in [1.165, 1.54) is 36.2 Å². The summed E-state index contributed by atoms with van der Waals surface area (Å²) in [5, 5.41) is 13.1. The van der Waals surface area contributed by atoms with E-state index in [-0.39, 0.29) is 10.6 Å². The van der Waals surface area contributed by atoms with Crippen molar-refractivity contribution in [2.24, 2.45) is 0 Å². The quantitative estimate of drug-likeness (QED) is 0.353. The monoisotopic (exact) mass is 509 g/mol. The van der Waals surface area contributed by atoms with Gasteiger partial charge in [0.25, 0.3) is 0 Å². The Morgan fingerprint density at radius 1 is 1.18 bits per heavy atom. The van der Waals surface area contributed by atoms with Crippen LogP contribution in [0.4, 0.5) is 30.5 Å². The number of nitrogens with zero attached hydrogens (tertiary/aromatic N) is 4. The second-order valence-corrected chi connectivity index (χ2v) is 8.69. The fraction of sp³-hybridized carbons (Fsp3) is 0.273. The van der Waals surface area contributed by atoms with Crippen LogP contribution in [0.5, 0.6) is 0 Å². The van der Waals surface area contributed by atoms with Gasteiger partial charge in [-0.2, -0.15) is 13.2 Å². The first-order valence-corrected chi connectivity index (χ1v) is 11.8. The minimum absolute atomic E-state index is 0.00497. The van der Waals surface area contributed by atoms with Gasteiger partial charge in [0.1, 0.15) is 11.6 Å². The Morgan fingerprint density at radius 3 is 2.50 bits per heavy atom. The summed E-state index contributed by atoms with van der Waals surface area (Å²) in [5.41, 5.74) is 1.45. The van der Waals surface area contributed by atoms with Gasteiger partial charge in [0.05, 0.1) is 21.8 Å². The van der Waals surface area contributed by atoms with Crippen LogP contribution in [0.1, 0.15) is 27.2 Å². The van der Waals surface area contributed by atoms with Gasteiger partial charge in [-0.1, -0.05) is 23.4 Å². The van der Waals surface area contributed by atoms with Crippen LogP contribution >= 0.6 is 23.4 Å². The molecule has 0 fully saturated rings. The highest BCUT2D eigenvalue weighted by molar-refractivity contribution is 7.98. The van der Waals surface area contributed by atoms with Crippen molar-refractivity contribution in [2.45, 2.75) is 24.2 Å². The van der Waals surface area contributed by atoms with Gasteiger partial charge in [-0.05, 0) is 43.0 Å². The number of pyridine rings is 1. The molecule has 1 aliphatic rings. The highest BCUT2D eigenvalue weighted by Crippen LogP contribution is 2.33. The van der Waals surface area contributed by atoms with Crippen LogP contribution in [-0.2, 0) is 19.0 Å². The zero-order chi connectivity index (χ0) is 24.5. The summed E-state index contributed by atoms with van der Waals surface area (Å²) in [6.45, 7) is 1.08. The van der Waals surface area contributed by atoms with Gasteiger partial charge in [-0.3, -0.25) is 0 Å². The maximum absolute atomic E-state index is 12.9. The number of aromatic nitrogens is 3. The Kier molecular flexibility index (Phi) is 6.85. The summed E-state index contributed by atoms with van der Waals surface area (Å²) in [5.74, 6) is -0.0888. The minimum atomic E-state index is -4.40. The zero-order valence-corrected chi connectivity index (χ0v) is 19.4. The van der Waals surface area contributed by atoms with Crippen LogP contribution in [-0.4, -0.2) is 45.4 Å². The Bertz CT molecular complexity index is 1220. The van der Waals surface area contributed by atoms with Crippen LogP contribution in [0.3, 0.4) is 0 Å². The summed E-state index contributed by atoms with van der Waals surface area (Å²) in [7, 11) is 0. The van der Waals surface area contributed by atoms with Crippen molar-refractivity contribution < 1.29 is 23.1 Å². The molecule has 2 aromatic heterocycles. The van der Waals surface area contributed by atoms with Crippen molar-refractivity contribution in [1.82, 2.24) is 15.0 Å².